The van der Waals surface area contributed by atoms with Crippen LogP contribution in [0.2, 0.25) is 0 Å². The Balaban J connectivity index is 1.93. The molecular weight excluding hydrogens is 327 g/mol. The lowest BCUT2D eigenvalue weighted by atomic mass is 10.3. The molecule has 2 rings (SSSR count). The van der Waals surface area contributed by atoms with Crippen molar-refractivity contribution >= 4 is 23.7 Å². The zero-order valence-corrected chi connectivity index (χ0v) is 12.5. The molecule has 1 aromatic heterocycles. The maximum absolute atomic E-state index is 13.4. The fourth-order valence-corrected chi connectivity index (χ4v) is 2.19. The summed E-state index contributed by atoms with van der Waals surface area (Å²) in [6.07, 6.45) is 0. The molecule has 0 radical (unpaired) electrons. The molecule has 0 aliphatic heterocycles. The topological polar surface area (TPSA) is 138 Å². The lowest BCUT2D eigenvalue weighted by Gasteiger charge is -2.07. The minimum Gasteiger partial charge on any atom is -0.482 e. The van der Waals surface area contributed by atoms with Gasteiger partial charge in [0.15, 0.2) is 17.4 Å². The van der Waals surface area contributed by atoms with Gasteiger partial charge in [0.05, 0.1) is 5.75 Å². The van der Waals surface area contributed by atoms with Gasteiger partial charge < -0.3 is 16.3 Å². The van der Waals surface area contributed by atoms with E-state index in [1.54, 1.807) is 12.1 Å². The molecule has 11 heteroatoms. The number of urea groups is 1. The van der Waals surface area contributed by atoms with Crippen molar-refractivity contribution in [1.82, 2.24) is 20.2 Å². The number of carbonyl (C=O) groups excluding carboxylic acids is 2. The predicted molar refractivity (Wildman–Crippen MR) is 79.4 cm³/mol. The molecule has 2 aromatic rings. The van der Waals surface area contributed by atoms with Crippen LogP contribution in [0.25, 0.3) is 0 Å². The maximum Gasteiger partial charge on any atom is 0.318 e. The molecule has 0 fully saturated rings. The summed E-state index contributed by atoms with van der Waals surface area (Å²) in [5, 5.41) is 9.72. The number of imide groups is 1. The van der Waals surface area contributed by atoms with E-state index >= 15 is 0 Å². The summed E-state index contributed by atoms with van der Waals surface area (Å²) >= 11 is 0.958. The number of aromatic nitrogens is 3. The molecule has 0 unspecified atom stereocenters. The molecule has 122 valence electrons. The quantitative estimate of drug-likeness (QED) is 0.497. The van der Waals surface area contributed by atoms with E-state index in [0.717, 1.165) is 16.4 Å². The lowest BCUT2D eigenvalue weighted by Crippen LogP contribution is -2.36. The number of para-hydroxylation sites is 1. The first-order valence-electron chi connectivity index (χ1n) is 6.26. The second-order valence-electron chi connectivity index (χ2n) is 4.19. The SMILES string of the molecule is NC(=O)NC(=O)CSc1nnc(COc2ccccc2F)n1N. The summed E-state index contributed by atoms with van der Waals surface area (Å²) in [7, 11) is 0. The highest BCUT2D eigenvalue weighted by Gasteiger charge is 2.14. The molecule has 0 saturated carbocycles. The van der Waals surface area contributed by atoms with Crippen molar-refractivity contribution in [3.05, 3.63) is 35.9 Å². The van der Waals surface area contributed by atoms with Gasteiger partial charge in [-0.2, -0.15) is 0 Å². The molecule has 9 nitrogen and oxygen atoms in total. The van der Waals surface area contributed by atoms with Crippen LogP contribution in [0.15, 0.2) is 29.4 Å². The number of rotatable bonds is 6. The maximum atomic E-state index is 13.4. The molecule has 0 aliphatic carbocycles. The summed E-state index contributed by atoms with van der Waals surface area (Å²) in [6, 6.07) is 4.96. The molecule has 1 aromatic carbocycles. The Bertz CT molecular complexity index is 723. The van der Waals surface area contributed by atoms with Crippen molar-refractivity contribution in [2.45, 2.75) is 11.8 Å². The fraction of sp³-hybridized carbons (Fsp3) is 0.167. The van der Waals surface area contributed by atoms with Crippen LogP contribution in [0.3, 0.4) is 0 Å². The van der Waals surface area contributed by atoms with Crippen molar-refractivity contribution in [3.8, 4) is 5.75 Å². The van der Waals surface area contributed by atoms with Crippen LogP contribution in [0.4, 0.5) is 9.18 Å². The van der Waals surface area contributed by atoms with Gasteiger partial charge in [0.2, 0.25) is 11.1 Å². The molecule has 0 spiro atoms. The van der Waals surface area contributed by atoms with E-state index < -0.39 is 17.8 Å². The molecule has 0 bridgehead atoms. The molecule has 0 saturated heterocycles. The summed E-state index contributed by atoms with van der Waals surface area (Å²) in [4.78, 5) is 21.8. The Morgan fingerprint density at radius 1 is 1.35 bits per heavy atom. The first kappa shape index (κ1) is 16.5. The van der Waals surface area contributed by atoms with Crippen molar-refractivity contribution < 1.29 is 18.7 Å². The van der Waals surface area contributed by atoms with Crippen LogP contribution in [0.5, 0.6) is 5.75 Å². The average Bonchev–Trinajstić information content (AvgIpc) is 2.84. The molecule has 0 atom stereocenters. The minimum absolute atomic E-state index is 0.0607. The third-order valence-electron chi connectivity index (χ3n) is 2.52. The van der Waals surface area contributed by atoms with Gasteiger partial charge in [-0.05, 0) is 12.1 Å². The van der Waals surface area contributed by atoms with Crippen LogP contribution in [0, 0.1) is 5.82 Å². The fourth-order valence-electron chi connectivity index (χ4n) is 1.51. The zero-order chi connectivity index (χ0) is 16.8. The van der Waals surface area contributed by atoms with Crippen LogP contribution in [-0.4, -0.2) is 32.6 Å². The standard InChI is InChI=1S/C12H13FN6O3S/c13-7-3-1-2-4-8(7)22-5-9-17-18-12(19(9)15)23-6-10(20)16-11(14)21/h1-4H,5-6,15H2,(H3,14,16,20,21). The number of benzene rings is 1. The number of hydrogen-bond donors (Lipinski definition) is 3. The second kappa shape index (κ2) is 7.45. The van der Waals surface area contributed by atoms with E-state index in [2.05, 4.69) is 10.2 Å². The number of carbonyl (C=O) groups is 2. The van der Waals surface area contributed by atoms with Gasteiger partial charge in [-0.1, -0.05) is 23.9 Å². The van der Waals surface area contributed by atoms with E-state index in [0.29, 0.717) is 0 Å². The third kappa shape index (κ3) is 4.57. The highest BCUT2D eigenvalue weighted by Crippen LogP contribution is 2.18. The number of amides is 3. The summed E-state index contributed by atoms with van der Waals surface area (Å²) in [5.41, 5.74) is 4.82. The Kier molecular flexibility index (Phi) is 5.36. The van der Waals surface area contributed by atoms with Crippen LogP contribution >= 0.6 is 11.8 Å². The Hall–Kier alpha value is -2.82. The number of nitrogen functional groups attached to an aromatic ring is 1. The van der Waals surface area contributed by atoms with E-state index in [4.69, 9.17) is 16.3 Å². The summed E-state index contributed by atoms with van der Waals surface area (Å²) in [6.45, 7) is -0.0987. The van der Waals surface area contributed by atoms with E-state index in [9.17, 15) is 14.0 Å². The number of halogens is 1. The van der Waals surface area contributed by atoms with E-state index in [1.165, 1.54) is 12.1 Å². The van der Waals surface area contributed by atoms with E-state index in [-0.39, 0.29) is 29.1 Å². The number of thioether (sulfide) groups is 1. The number of hydrogen-bond acceptors (Lipinski definition) is 7. The predicted octanol–water partition coefficient (Wildman–Crippen LogP) is -0.00300. The number of ether oxygens (including phenoxy) is 1. The first-order valence-corrected chi connectivity index (χ1v) is 7.24. The number of nitrogens with zero attached hydrogens (tertiary/aromatic N) is 3. The monoisotopic (exact) mass is 340 g/mol. The molecule has 23 heavy (non-hydrogen) atoms. The van der Waals surface area contributed by atoms with Gasteiger partial charge in [0, 0.05) is 0 Å². The van der Waals surface area contributed by atoms with Gasteiger partial charge in [0.1, 0.15) is 6.61 Å². The molecule has 3 amide bonds. The van der Waals surface area contributed by atoms with Crippen LogP contribution in [-0.2, 0) is 11.4 Å². The van der Waals surface area contributed by atoms with Gasteiger partial charge in [0.25, 0.3) is 0 Å². The second-order valence-corrected chi connectivity index (χ2v) is 5.13. The summed E-state index contributed by atoms with van der Waals surface area (Å²) < 4.78 is 19.8. The summed E-state index contributed by atoms with van der Waals surface area (Å²) in [5.74, 6) is 4.86. The van der Waals surface area contributed by atoms with Crippen LogP contribution in [0.1, 0.15) is 5.82 Å². The molecular formula is C12H13FN6O3S. The highest BCUT2D eigenvalue weighted by atomic mass is 32.2. The smallest absolute Gasteiger partial charge is 0.318 e. The zero-order valence-electron chi connectivity index (χ0n) is 11.7. The minimum atomic E-state index is -0.941. The molecule has 1 heterocycles. The normalized spacial score (nSPS) is 10.3. The molecule has 0 aliphatic rings. The lowest BCUT2D eigenvalue weighted by molar-refractivity contribution is -0.117. The highest BCUT2D eigenvalue weighted by molar-refractivity contribution is 7.99. The third-order valence-corrected chi connectivity index (χ3v) is 3.47. The van der Waals surface area contributed by atoms with Crippen molar-refractivity contribution in [3.63, 3.8) is 0 Å². The van der Waals surface area contributed by atoms with Crippen molar-refractivity contribution in [2.24, 2.45) is 5.73 Å². The Labute approximate surface area is 134 Å². The Morgan fingerprint density at radius 2 is 2.09 bits per heavy atom. The van der Waals surface area contributed by atoms with Gasteiger partial charge in [-0.3, -0.25) is 10.1 Å². The molecule has 5 N–H and O–H groups in total. The average molecular weight is 340 g/mol. The number of nitrogens with two attached hydrogens (primary N) is 2. The van der Waals surface area contributed by atoms with Crippen LogP contribution < -0.4 is 21.6 Å². The van der Waals surface area contributed by atoms with Crippen molar-refractivity contribution in [2.75, 3.05) is 11.6 Å². The first-order chi connectivity index (χ1) is 11.0. The van der Waals surface area contributed by atoms with E-state index in [1.807, 2.05) is 5.32 Å². The van der Waals surface area contributed by atoms with Gasteiger partial charge in [-0.15, -0.1) is 10.2 Å². The van der Waals surface area contributed by atoms with Gasteiger partial charge in [-0.25, -0.2) is 13.9 Å². The number of nitrogens with one attached hydrogen (secondary N) is 1. The number of primary amides is 1. The van der Waals surface area contributed by atoms with Gasteiger partial charge >= 0.3 is 6.03 Å². The van der Waals surface area contributed by atoms with Crippen molar-refractivity contribution in [1.29, 1.82) is 0 Å². The Morgan fingerprint density at radius 3 is 2.78 bits per heavy atom. The largest absolute Gasteiger partial charge is 0.482 e.